The van der Waals surface area contributed by atoms with E-state index < -0.39 is 0 Å². The molecule has 0 aliphatic carbocycles. The molecule has 1 heterocycles. The summed E-state index contributed by atoms with van der Waals surface area (Å²) in [7, 11) is 0. The van der Waals surface area contributed by atoms with Crippen molar-refractivity contribution >= 4 is 0 Å². The van der Waals surface area contributed by atoms with Gasteiger partial charge in [-0.3, -0.25) is 0 Å². The van der Waals surface area contributed by atoms with Crippen molar-refractivity contribution in [1.82, 2.24) is 4.98 Å². The Labute approximate surface area is 114 Å². The fourth-order valence-electron chi connectivity index (χ4n) is 1.58. The first-order chi connectivity index (χ1) is 8.77. The standard InChI is InChI=1S/C12H19NO.2C2H6/c1-4-11(5-2)7-6-8-12-10(3)14-9-13-12;2*1-2/h4,9H,5-8H2,1-3H3;2*1-2H3/b11-4-;;. The zero-order valence-corrected chi connectivity index (χ0v) is 13.3. The van der Waals surface area contributed by atoms with E-state index in [4.69, 9.17) is 4.42 Å². The topological polar surface area (TPSA) is 26.0 Å². The van der Waals surface area contributed by atoms with Crippen molar-refractivity contribution in [2.75, 3.05) is 0 Å². The van der Waals surface area contributed by atoms with Crippen LogP contribution < -0.4 is 0 Å². The first-order valence-corrected chi connectivity index (χ1v) is 7.31. The van der Waals surface area contributed by atoms with E-state index in [2.05, 4.69) is 24.9 Å². The van der Waals surface area contributed by atoms with Crippen LogP contribution in [0.3, 0.4) is 0 Å². The van der Waals surface area contributed by atoms with Crippen molar-refractivity contribution in [3.8, 4) is 0 Å². The zero-order chi connectivity index (χ0) is 14.4. The van der Waals surface area contributed by atoms with E-state index in [-0.39, 0.29) is 0 Å². The van der Waals surface area contributed by atoms with Crippen LogP contribution in [-0.4, -0.2) is 4.98 Å². The molecule has 0 aliphatic rings. The van der Waals surface area contributed by atoms with Crippen molar-refractivity contribution < 1.29 is 4.42 Å². The van der Waals surface area contributed by atoms with Crippen molar-refractivity contribution in [3.63, 3.8) is 0 Å². The number of oxazole rings is 1. The quantitative estimate of drug-likeness (QED) is 0.628. The molecule has 18 heavy (non-hydrogen) atoms. The molecule has 0 fully saturated rings. The summed E-state index contributed by atoms with van der Waals surface area (Å²) in [6.07, 6.45) is 8.28. The van der Waals surface area contributed by atoms with E-state index in [1.54, 1.807) is 0 Å². The molecular weight excluding hydrogens is 222 g/mol. The normalized spacial score (nSPS) is 10.1. The summed E-state index contributed by atoms with van der Waals surface area (Å²) in [5.41, 5.74) is 2.64. The Balaban J connectivity index is 0. The van der Waals surface area contributed by atoms with Crippen LogP contribution in [-0.2, 0) is 6.42 Å². The van der Waals surface area contributed by atoms with E-state index in [1.807, 2.05) is 34.6 Å². The third-order valence-electron chi connectivity index (χ3n) is 2.62. The summed E-state index contributed by atoms with van der Waals surface area (Å²) in [6, 6.07) is 0. The monoisotopic (exact) mass is 253 g/mol. The minimum Gasteiger partial charge on any atom is -0.449 e. The van der Waals surface area contributed by atoms with Gasteiger partial charge < -0.3 is 4.42 Å². The van der Waals surface area contributed by atoms with Crippen molar-refractivity contribution in [2.24, 2.45) is 0 Å². The molecule has 0 aliphatic heterocycles. The van der Waals surface area contributed by atoms with Crippen LogP contribution in [0.4, 0.5) is 0 Å². The van der Waals surface area contributed by atoms with Gasteiger partial charge in [0.1, 0.15) is 5.76 Å². The minimum atomic E-state index is 0.962. The van der Waals surface area contributed by atoms with E-state index >= 15 is 0 Å². The number of aryl methyl sites for hydroxylation is 2. The molecule has 0 aromatic carbocycles. The highest BCUT2D eigenvalue weighted by atomic mass is 16.3. The SMILES string of the molecule is C/C=C(/CC)CCCc1ncoc1C.CC.CC. The molecule has 0 spiro atoms. The molecule has 0 bridgehead atoms. The van der Waals surface area contributed by atoms with Crippen molar-refractivity contribution in [1.29, 1.82) is 0 Å². The predicted molar refractivity (Wildman–Crippen MR) is 80.9 cm³/mol. The minimum absolute atomic E-state index is 0.962. The van der Waals surface area contributed by atoms with Crippen LogP contribution in [0.15, 0.2) is 22.5 Å². The number of aromatic nitrogens is 1. The van der Waals surface area contributed by atoms with Gasteiger partial charge in [0.25, 0.3) is 0 Å². The van der Waals surface area contributed by atoms with Crippen molar-refractivity contribution in [2.45, 2.75) is 74.1 Å². The lowest BCUT2D eigenvalue weighted by molar-refractivity contribution is 0.523. The van der Waals surface area contributed by atoms with E-state index in [0.29, 0.717) is 0 Å². The largest absolute Gasteiger partial charge is 0.449 e. The Morgan fingerprint density at radius 1 is 1.28 bits per heavy atom. The van der Waals surface area contributed by atoms with Gasteiger partial charge in [-0.15, -0.1) is 0 Å². The Morgan fingerprint density at radius 2 is 1.89 bits per heavy atom. The van der Waals surface area contributed by atoms with E-state index in [0.717, 1.165) is 24.3 Å². The fourth-order valence-corrected chi connectivity index (χ4v) is 1.58. The molecule has 0 atom stereocenters. The van der Waals surface area contributed by atoms with Crippen molar-refractivity contribution in [3.05, 3.63) is 29.5 Å². The lowest BCUT2D eigenvalue weighted by atomic mass is 10.0. The molecule has 0 saturated heterocycles. The molecule has 106 valence electrons. The van der Waals surface area contributed by atoms with Crippen LogP contribution in [0.25, 0.3) is 0 Å². The number of hydrogen-bond donors (Lipinski definition) is 0. The van der Waals surface area contributed by atoms with Crippen LogP contribution >= 0.6 is 0 Å². The molecule has 2 heteroatoms. The van der Waals surface area contributed by atoms with Gasteiger partial charge in [-0.1, -0.05) is 46.3 Å². The first kappa shape index (κ1) is 19.3. The molecule has 1 rings (SSSR count). The highest BCUT2D eigenvalue weighted by Crippen LogP contribution is 2.13. The maximum absolute atomic E-state index is 5.15. The van der Waals surface area contributed by atoms with Crippen LogP contribution in [0.2, 0.25) is 0 Å². The van der Waals surface area contributed by atoms with Gasteiger partial charge in [-0.25, -0.2) is 4.98 Å². The smallest absolute Gasteiger partial charge is 0.181 e. The van der Waals surface area contributed by atoms with Crippen LogP contribution in [0.5, 0.6) is 0 Å². The number of rotatable bonds is 5. The number of nitrogens with zero attached hydrogens (tertiary/aromatic N) is 1. The van der Waals surface area contributed by atoms with Gasteiger partial charge in [-0.05, 0) is 39.5 Å². The van der Waals surface area contributed by atoms with Gasteiger partial charge in [0.15, 0.2) is 6.39 Å². The molecule has 0 N–H and O–H groups in total. The maximum Gasteiger partial charge on any atom is 0.181 e. The molecule has 1 aromatic rings. The highest BCUT2D eigenvalue weighted by molar-refractivity contribution is 5.06. The van der Waals surface area contributed by atoms with Gasteiger partial charge in [-0.2, -0.15) is 0 Å². The molecule has 2 nitrogen and oxygen atoms in total. The summed E-state index contributed by atoms with van der Waals surface area (Å²) < 4.78 is 5.15. The van der Waals surface area contributed by atoms with Crippen LogP contribution in [0, 0.1) is 6.92 Å². The highest BCUT2D eigenvalue weighted by Gasteiger charge is 2.02. The zero-order valence-electron chi connectivity index (χ0n) is 13.3. The summed E-state index contributed by atoms with van der Waals surface area (Å²) >= 11 is 0. The van der Waals surface area contributed by atoms with Gasteiger partial charge in [0.05, 0.1) is 5.69 Å². The van der Waals surface area contributed by atoms with Gasteiger partial charge >= 0.3 is 0 Å². The Bertz CT molecular complexity index is 300. The molecule has 1 aromatic heterocycles. The second kappa shape index (κ2) is 14.0. The average Bonchev–Trinajstić information content (AvgIpc) is 2.85. The second-order valence-electron chi connectivity index (χ2n) is 3.51. The molecule has 0 amide bonds. The molecular formula is C16H31NO. The third kappa shape index (κ3) is 8.10. The molecule has 0 radical (unpaired) electrons. The van der Waals surface area contributed by atoms with E-state index in [1.165, 1.54) is 24.8 Å². The maximum atomic E-state index is 5.15. The summed E-state index contributed by atoms with van der Waals surface area (Å²) in [5.74, 6) is 0.962. The summed E-state index contributed by atoms with van der Waals surface area (Å²) in [6.45, 7) is 14.3. The molecule has 0 unspecified atom stereocenters. The number of hydrogen-bond acceptors (Lipinski definition) is 2. The van der Waals surface area contributed by atoms with Gasteiger partial charge in [0, 0.05) is 0 Å². The molecule has 0 saturated carbocycles. The Hall–Kier alpha value is -1.05. The average molecular weight is 253 g/mol. The lowest BCUT2D eigenvalue weighted by Crippen LogP contribution is -1.90. The van der Waals surface area contributed by atoms with E-state index in [9.17, 15) is 0 Å². The Morgan fingerprint density at radius 3 is 2.28 bits per heavy atom. The third-order valence-corrected chi connectivity index (χ3v) is 2.62. The summed E-state index contributed by atoms with van der Waals surface area (Å²) in [5, 5.41) is 0. The van der Waals surface area contributed by atoms with Crippen LogP contribution in [0.1, 0.15) is 72.3 Å². The summed E-state index contributed by atoms with van der Waals surface area (Å²) in [4.78, 5) is 4.18. The second-order valence-corrected chi connectivity index (χ2v) is 3.51. The van der Waals surface area contributed by atoms with Gasteiger partial charge in [0.2, 0.25) is 0 Å². The first-order valence-electron chi connectivity index (χ1n) is 7.31. The number of allylic oxidation sites excluding steroid dienone is 2. The fraction of sp³-hybridized carbons (Fsp3) is 0.688. The predicted octanol–water partition coefficient (Wildman–Crippen LogP) is 5.71. The lowest BCUT2D eigenvalue weighted by Gasteiger charge is -2.02. The Kier molecular flexibility index (Phi) is 15.0.